The third-order valence-electron chi connectivity index (χ3n) is 5.11. The van der Waals surface area contributed by atoms with E-state index in [0.717, 1.165) is 26.7 Å². The van der Waals surface area contributed by atoms with Crippen LogP contribution in [0.3, 0.4) is 0 Å². The fourth-order valence-corrected chi connectivity index (χ4v) is 4.78. The molecule has 0 spiro atoms. The summed E-state index contributed by atoms with van der Waals surface area (Å²) in [5.74, 6) is -1.18. The van der Waals surface area contributed by atoms with Crippen LogP contribution in [0.15, 0.2) is 54.2 Å². The number of H-pyrrole nitrogens is 1. The lowest BCUT2D eigenvalue weighted by Crippen LogP contribution is -2.29. The Bertz CT molecular complexity index is 1180. The van der Waals surface area contributed by atoms with E-state index in [0.29, 0.717) is 5.69 Å². The maximum absolute atomic E-state index is 12.8. The zero-order valence-corrected chi connectivity index (χ0v) is 14.8. The van der Waals surface area contributed by atoms with Gasteiger partial charge < -0.3 is 4.98 Å². The highest BCUT2D eigenvalue weighted by atomic mass is 32.1. The van der Waals surface area contributed by atoms with Crippen molar-refractivity contribution in [1.29, 1.82) is 0 Å². The second-order valence-corrected chi connectivity index (χ2v) is 7.48. The largest absolute Gasteiger partial charge is 0.345 e. The number of nitrogens with one attached hydrogen (secondary N) is 1. The summed E-state index contributed by atoms with van der Waals surface area (Å²) < 4.78 is 1.16. The van der Waals surface area contributed by atoms with Crippen LogP contribution in [0.2, 0.25) is 0 Å². The molecule has 1 aliphatic heterocycles. The number of imidazole rings is 1. The van der Waals surface area contributed by atoms with Gasteiger partial charge in [0.15, 0.2) is 0 Å². The van der Waals surface area contributed by atoms with Crippen LogP contribution in [0.1, 0.15) is 18.5 Å². The summed E-state index contributed by atoms with van der Waals surface area (Å²) in [6.45, 7) is 1.84. The number of ketones is 1. The topological polar surface area (TPSA) is 66.1 Å². The molecule has 1 aliphatic rings. The molecule has 128 valence electrons. The van der Waals surface area contributed by atoms with Crippen LogP contribution in [0.4, 0.5) is 5.69 Å². The number of hydrogen-bond donors (Lipinski definition) is 1. The lowest BCUT2D eigenvalue weighted by molar-refractivity contribution is -0.135. The Morgan fingerprint density at radius 2 is 2.00 bits per heavy atom. The van der Waals surface area contributed by atoms with Crippen molar-refractivity contribution >= 4 is 49.8 Å². The maximum Gasteiger partial charge on any atom is 0.295 e. The number of carbonyl (C=O) groups is 2. The minimum atomic E-state index is -0.448. The van der Waals surface area contributed by atoms with E-state index < -0.39 is 11.8 Å². The van der Waals surface area contributed by atoms with E-state index in [9.17, 15) is 9.59 Å². The molecule has 1 saturated heterocycles. The highest BCUT2D eigenvalue weighted by molar-refractivity contribution is 7.17. The van der Waals surface area contributed by atoms with Crippen molar-refractivity contribution < 1.29 is 9.59 Å². The van der Waals surface area contributed by atoms with Gasteiger partial charge in [-0.3, -0.25) is 14.5 Å². The van der Waals surface area contributed by atoms with Gasteiger partial charge in [0, 0.05) is 16.3 Å². The number of anilines is 1. The van der Waals surface area contributed by atoms with Crippen LogP contribution in [0, 0.1) is 5.92 Å². The molecule has 2 aromatic heterocycles. The van der Waals surface area contributed by atoms with E-state index >= 15 is 0 Å². The highest BCUT2D eigenvalue weighted by Crippen LogP contribution is 2.43. The van der Waals surface area contributed by atoms with Crippen LogP contribution >= 0.6 is 11.3 Å². The first-order valence-electron chi connectivity index (χ1n) is 8.42. The molecule has 2 unspecified atom stereocenters. The standard InChI is InChI=1S/C20H15N3O2S/c1-11-18(14-9-26-17-5-3-2-4-13(14)17)23(20(25)19(11)24)12-6-7-15-16(8-12)22-10-21-15/h2-11,18H,1H3,(H,21,22). The third kappa shape index (κ3) is 2.05. The molecule has 1 N–H and O–H groups in total. The number of aromatic amines is 1. The van der Waals surface area contributed by atoms with E-state index in [1.165, 1.54) is 0 Å². The number of amides is 1. The van der Waals surface area contributed by atoms with Gasteiger partial charge in [0.25, 0.3) is 5.91 Å². The van der Waals surface area contributed by atoms with Gasteiger partial charge in [-0.25, -0.2) is 4.98 Å². The highest BCUT2D eigenvalue weighted by Gasteiger charge is 2.47. The fraction of sp³-hybridized carbons (Fsp3) is 0.150. The summed E-state index contributed by atoms with van der Waals surface area (Å²) >= 11 is 1.64. The van der Waals surface area contributed by atoms with Gasteiger partial charge in [-0.2, -0.15) is 0 Å². The average Bonchev–Trinajstić information content (AvgIpc) is 3.34. The molecule has 6 heteroatoms. The molecule has 1 amide bonds. The van der Waals surface area contributed by atoms with Gasteiger partial charge in [0.05, 0.1) is 23.4 Å². The van der Waals surface area contributed by atoms with Crippen LogP contribution in [0.5, 0.6) is 0 Å². The molecule has 2 aromatic carbocycles. The Labute approximate surface area is 153 Å². The predicted octanol–water partition coefficient (Wildman–Crippen LogP) is 4.07. The number of aromatic nitrogens is 2. The Balaban J connectivity index is 1.70. The summed E-state index contributed by atoms with van der Waals surface area (Å²) in [4.78, 5) is 34.3. The Morgan fingerprint density at radius 1 is 1.15 bits per heavy atom. The minimum Gasteiger partial charge on any atom is -0.345 e. The van der Waals surface area contributed by atoms with E-state index in [1.54, 1.807) is 22.6 Å². The Morgan fingerprint density at radius 3 is 2.88 bits per heavy atom. The summed E-state index contributed by atoms with van der Waals surface area (Å²) in [5, 5.41) is 3.17. The molecule has 0 aliphatic carbocycles. The van der Waals surface area contributed by atoms with Gasteiger partial charge in [-0.1, -0.05) is 25.1 Å². The number of carbonyl (C=O) groups excluding carboxylic acids is 2. The van der Waals surface area contributed by atoms with Crippen molar-refractivity contribution in [2.75, 3.05) is 4.90 Å². The number of fused-ring (bicyclic) bond motifs is 2. The fourth-order valence-electron chi connectivity index (χ4n) is 3.79. The third-order valence-corrected chi connectivity index (χ3v) is 6.09. The zero-order chi connectivity index (χ0) is 17.8. The van der Waals surface area contributed by atoms with Crippen molar-refractivity contribution in [3.05, 3.63) is 59.7 Å². The number of Topliss-reactive ketones (excluding diaryl/α,β-unsaturated/α-hetero) is 1. The van der Waals surface area contributed by atoms with Crippen LogP contribution in [-0.4, -0.2) is 21.7 Å². The van der Waals surface area contributed by atoms with E-state index in [4.69, 9.17) is 0 Å². The number of benzene rings is 2. The quantitative estimate of drug-likeness (QED) is 0.547. The summed E-state index contributed by atoms with van der Waals surface area (Å²) in [6, 6.07) is 13.4. The Hall–Kier alpha value is -2.99. The molecule has 26 heavy (non-hydrogen) atoms. The molecule has 2 atom stereocenters. The number of rotatable bonds is 2. The summed E-state index contributed by atoms with van der Waals surface area (Å²) in [7, 11) is 0. The lowest BCUT2D eigenvalue weighted by Gasteiger charge is -2.26. The van der Waals surface area contributed by atoms with Gasteiger partial charge in [0.1, 0.15) is 0 Å². The predicted molar refractivity (Wildman–Crippen MR) is 102 cm³/mol. The molecule has 0 radical (unpaired) electrons. The van der Waals surface area contributed by atoms with Crippen molar-refractivity contribution in [2.24, 2.45) is 5.92 Å². The van der Waals surface area contributed by atoms with E-state index in [-0.39, 0.29) is 11.8 Å². The second kappa shape index (κ2) is 5.51. The van der Waals surface area contributed by atoms with Crippen molar-refractivity contribution in [3.63, 3.8) is 0 Å². The normalized spacial score (nSPS) is 20.6. The lowest BCUT2D eigenvalue weighted by atomic mass is 9.94. The molecule has 5 rings (SSSR count). The monoisotopic (exact) mass is 361 g/mol. The zero-order valence-electron chi connectivity index (χ0n) is 14.0. The van der Waals surface area contributed by atoms with Crippen LogP contribution in [0.25, 0.3) is 21.1 Å². The maximum atomic E-state index is 12.8. The van der Waals surface area contributed by atoms with Crippen LogP contribution < -0.4 is 4.90 Å². The SMILES string of the molecule is CC1C(=O)C(=O)N(c2ccc3nc[nH]c3c2)C1c1csc2ccccc12. The summed E-state index contributed by atoms with van der Waals surface area (Å²) in [5.41, 5.74) is 3.42. The Kier molecular flexibility index (Phi) is 3.24. The molecule has 5 nitrogen and oxygen atoms in total. The van der Waals surface area contributed by atoms with E-state index in [2.05, 4.69) is 27.5 Å². The van der Waals surface area contributed by atoms with Gasteiger partial charge in [-0.05, 0) is 40.6 Å². The molecular formula is C20H15N3O2S. The molecule has 1 fully saturated rings. The number of nitrogens with zero attached hydrogens (tertiary/aromatic N) is 2. The first kappa shape index (κ1) is 15.3. The molecular weight excluding hydrogens is 346 g/mol. The average molecular weight is 361 g/mol. The van der Waals surface area contributed by atoms with Crippen LogP contribution in [-0.2, 0) is 9.59 Å². The molecule has 4 aromatic rings. The number of thiophene rings is 1. The first-order valence-corrected chi connectivity index (χ1v) is 9.30. The van der Waals surface area contributed by atoms with Gasteiger partial charge in [-0.15, -0.1) is 11.3 Å². The summed E-state index contributed by atoms with van der Waals surface area (Å²) in [6.07, 6.45) is 1.62. The first-order chi connectivity index (χ1) is 12.6. The molecule has 0 bridgehead atoms. The van der Waals surface area contributed by atoms with Gasteiger partial charge >= 0.3 is 0 Å². The number of hydrogen-bond acceptors (Lipinski definition) is 4. The van der Waals surface area contributed by atoms with Crippen molar-refractivity contribution in [3.8, 4) is 0 Å². The van der Waals surface area contributed by atoms with Gasteiger partial charge in [0.2, 0.25) is 5.78 Å². The molecule has 0 saturated carbocycles. The van der Waals surface area contributed by atoms with Crippen molar-refractivity contribution in [1.82, 2.24) is 9.97 Å². The van der Waals surface area contributed by atoms with Crippen molar-refractivity contribution in [2.45, 2.75) is 13.0 Å². The molecule has 3 heterocycles. The smallest absolute Gasteiger partial charge is 0.295 e. The van der Waals surface area contributed by atoms with E-state index in [1.807, 2.05) is 37.3 Å². The second-order valence-electron chi connectivity index (χ2n) is 6.56. The minimum absolute atomic E-state index is 0.300.